The van der Waals surface area contributed by atoms with Crippen molar-refractivity contribution in [2.75, 3.05) is 26.2 Å². The summed E-state index contributed by atoms with van der Waals surface area (Å²) in [7, 11) is 0. The standard InChI is InChI=1S/C11H20N4O/c1-9(2)14-5-7-15(8-6-14)11(16)10(13)3-4-12/h9-10H,3,5-8,13H2,1-2H3/t10-/m0/s1. The Morgan fingerprint density at radius 3 is 2.38 bits per heavy atom. The molecule has 0 aromatic carbocycles. The topological polar surface area (TPSA) is 73.4 Å². The molecule has 1 rings (SSSR count). The fraction of sp³-hybridized carbons (Fsp3) is 0.818. The van der Waals surface area contributed by atoms with Crippen LogP contribution >= 0.6 is 0 Å². The van der Waals surface area contributed by atoms with E-state index in [1.807, 2.05) is 6.07 Å². The molecule has 1 atom stereocenters. The van der Waals surface area contributed by atoms with Gasteiger partial charge in [-0.3, -0.25) is 9.69 Å². The summed E-state index contributed by atoms with van der Waals surface area (Å²) in [5, 5.41) is 8.49. The molecule has 0 aromatic rings. The summed E-state index contributed by atoms with van der Waals surface area (Å²) in [5.74, 6) is -0.0926. The average Bonchev–Trinajstić information content (AvgIpc) is 2.28. The lowest BCUT2D eigenvalue weighted by Gasteiger charge is -2.37. The first-order chi connectivity index (χ1) is 7.56. The van der Waals surface area contributed by atoms with E-state index in [0.29, 0.717) is 6.04 Å². The number of nitrogens with zero attached hydrogens (tertiary/aromatic N) is 3. The summed E-state index contributed by atoms with van der Waals surface area (Å²) in [5.41, 5.74) is 5.63. The lowest BCUT2D eigenvalue weighted by atomic mass is 10.2. The number of carbonyl (C=O) groups excluding carboxylic acids is 1. The van der Waals surface area contributed by atoms with Crippen LogP contribution in [0, 0.1) is 11.3 Å². The van der Waals surface area contributed by atoms with Gasteiger partial charge in [0.25, 0.3) is 0 Å². The number of hydrogen-bond donors (Lipinski definition) is 1. The molecule has 5 nitrogen and oxygen atoms in total. The largest absolute Gasteiger partial charge is 0.339 e. The van der Waals surface area contributed by atoms with Gasteiger partial charge in [-0.1, -0.05) is 0 Å². The Morgan fingerprint density at radius 2 is 1.94 bits per heavy atom. The van der Waals surface area contributed by atoms with Gasteiger partial charge in [-0.15, -0.1) is 0 Å². The van der Waals surface area contributed by atoms with Gasteiger partial charge in [-0.25, -0.2) is 0 Å². The number of piperazine rings is 1. The highest BCUT2D eigenvalue weighted by Crippen LogP contribution is 2.07. The van der Waals surface area contributed by atoms with Gasteiger partial charge in [0.1, 0.15) is 0 Å². The first-order valence-electron chi connectivity index (χ1n) is 5.71. The van der Waals surface area contributed by atoms with Crippen LogP contribution in [0.3, 0.4) is 0 Å². The fourth-order valence-corrected chi connectivity index (χ4v) is 1.88. The molecule has 0 bridgehead atoms. The molecule has 0 aromatic heterocycles. The van der Waals surface area contributed by atoms with E-state index >= 15 is 0 Å². The molecule has 1 aliphatic rings. The van der Waals surface area contributed by atoms with Crippen LogP contribution in [-0.4, -0.2) is 54.0 Å². The summed E-state index contributed by atoms with van der Waals surface area (Å²) in [6, 6.07) is 1.79. The van der Waals surface area contributed by atoms with Crippen LogP contribution in [0.15, 0.2) is 0 Å². The highest BCUT2D eigenvalue weighted by atomic mass is 16.2. The van der Waals surface area contributed by atoms with E-state index in [0.717, 1.165) is 26.2 Å². The Kier molecular flexibility index (Phi) is 4.71. The molecule has 16 heavy (non-hydrogen) atoms. The SMILES string of the molecule is CC(C)N1CCN(C(=O)[C@@H](N)CC#N)CC1. The molecule has 1 saturated heterocycles. The van der Waals surface area contributed by atoms with Crippen molar-refractivity contribution < 1.29 is 4.79 Å². The predicted octanol–water partition coefficient (Wildman–Crippen LogP) is -0.220. The van der Waals surface area contributed by atoms with Gasteiger partial charge in [-0.2, -0.15) is 5.26 Å². The van der Waals surface area contributed by atoms with Crippen LogP contribution in [0.1, 0.15) is 20.3 Å². The van der Waals surface area contributed by atoms with Crippen LogP contribution in [0.2, 0.25) is 0 Å². The zero-order valence-corrected chi connectivity index (χ0v) is 10.0. The molecule has 0 unspecified atom stereocenters. The lowest BCUT2D eigenvalue weighted by molar-refractivity contribution is -0.134. The molecule has 0 spiro atoms. The molecule has 2 N–H and O–H groups in total. The smallest absolute Gasteiger partial charge is 0.240 e. The second-order valence-electron chi connectivity index (χ2n) is 4.42. The maximum absolute atomic E-state index is 11.8. The molecular weight excluding hydrogens is 204 g/mol. The second kappa shape index (κ2) is 5.83. The monoisotopic (exact) mass is 224 g/mol. The van der Waals surface area contributed by atoms with Crippen LogP contribution in [-0.2, 0) is 4.79 Å². The Hall–Kier alpha value is -1.12. The summed E-state index contributed by atoms with van der Waals surface area (Å²) < 4.78 is 0. The van der Waals surface area contributed by atoms with Crippen molar-refractivity contribution in [1.82, 2.24) is 9.80 Å². The van der Waals surface area contributed by atoms with E-state index in [-0.39, 0.29) is 12.3 Å². The van der Waals surface area contributed by atoms with Crippen molar-refractivity contribution in [1.29, 1.82) is 5.26 Å². The van der Waals surface area contributed by atoms with Crippen LogP contribution in [0.5, 0.6) is 0 Å². The summed E-state index contributed by atoms with van der Waals surface area (Å²) >= 11 is 0. The molecule has 1 fully saturated rings. The summed E-state index contributed by atoms with van der Waals surface area (Å²) in [4.78, 5) is 15.9. The van der Waals surface area contributed by atoms with Gasteiger partial charge >= 0.3 is 0 Å². The van der Waals surface area contributed by atoms with Crippen molar-refractivity contribution in [3.8, 4) is 6.07 Å². The third-order valence-electron chi connectivity index (χ3n) is 2.98. The Bertz CT molecular complexity index is 276. The van der Waals surface area contributed by atoms with E-state index in [2.05, 4.69) is 18.7 Å². The molecule has 5 heteroatoms. The Morgan fingerprint density at radius 1 is 1.38 bits per heavy atom. The maximum atomic E-state index is 11.8. The highest BCUT2D eigenvalue weighted by Gasteiger charge is 2.25. The molecule has 90 valence electrons. The van der Waals surface area contributed by atoms with Gasteiger partial charge in [0.2, 0.25) is 5.91 Å². The van der Waals surface area contributed by atoms with E-state index in [9.17, 15) is 4.79 Å². The number of nitrogens with two attached hydrogens (primary N) is 1. The zero-order valence-electron chi connectivity index (χ0n) is 10.0. The Balaban J connectivity index is 2.42. The number of hydrogen-bond acceptors (Lipinski definition) is 4. The van der Waals surface area contributed by atoms with Crippen LogP contribution in [0.4, 0.5) is 0 Å². The number of amides is 1. The maximum Gasteiger partial charge on any atom is 0.240 e. The quantitative estimate of drug-likeness (QED) is 0.719. The zero-order chi connectivity index (χ0) is 12.1. The van der Waals surface area contributed by atoms with Crippen molar-refractivity contribution in [2.45, 2.75) is 32.4 Å². The summed E-state index contributed by atoms with van der Waals surface area (Å²) in [6.45, 7) is 7.52. The summed E-state index contributed by atoms with van der Waals surface area (Å²) in [6.07, 6.45) is 0.100. The van der Waals surface area contributed by atoms with Crippen LogP contribution < -0.4 is 5.73 Å². The molecule has 1 amide bonds. The minimum atomic E-state index is -0.657. The first-order valence-corrected chi connectivity index (χ1v) is 5.71. The van der Waals surface area contributed by atoms with Gasteiger partial charge in [0.15, 0.2) is 0 Å². The van der Waals surface area contributed by atoms with Gasteiger partial charge in [0, 0.05) is 32.2 Å². The number of carbonyl (C=O) groups is 1. The first kappa shape index (κ1) is 12.9. The number of nitriles is 1. The second-order valence-corrected chi connectivity index (χ2v) is 4.42. The average molecular weight is 224 g/mol. The van der Waals surface area contributed by atoms with Crippen molar-refractivity contribution in [2.24, 2.45) is 5.73 Å². The van der Waals surface area contributed by atoms with Gasteiger partial charge < -0.3 is 10.6 Å². The molecule has 1 aliphatic heterocycles. The normalized spacial score (nSPS) is 19.6. The molecule has 0 aliphatic carbocycles. The molecule has 1 heterocycles. The third-order valence-corrected chi connectivity index (χ3v) is 2.98. The molecule has 0 radical (unpaired) electrons. The van der Waals surface area contributed by atoms with Crippen LogP contribution in [0.25, 0.3) is 0 Å². The van der Waals surface area contributed by atoms with E-state index in [1.54, 1.807) is 4.90 Å². The van der Waals surface area contributed by atoms with E-state index in [4.69, 9.17) is 11.0 Å². The minimum absolute atomic E-state index is 0.0926. The molecular formula is C11H20N4O. The fourth-order valence-electron chi connectivity index (χ4n) is 1.88. The van der Waals surface area contributed by atoms with Gasteiger partial charge in [-0.05, 0) is 13.8 Å². The lowest BCUT2D eigenvalue weighted by Crippen LogP contribution is -2.54. The number of rotatable bonds is 3. The Labute approximate surface area is 96.8 Å². The minimum Gasteiger partial charge on any atom is -0.339 e. The molecule has 0 saturated carbocycles. The van der Waals surface area contributed by atoms with Crippen molar-refractivity contribution in [3.05, 3.63) is 0 Å². The van der Waals surface area contributed by atoms with Crippen molar-refractivity contribution >= 4 is 5.91 Å². The van der Waals surface area contributed by atoms with Gasteiger partial charge in [0.05, 0.1) is 18.5 Å². The highest BCUT2D eigenvalue weighted by molar-refractivity contribution is 5.82. The van der Waals surface area contributed by atoms with Crippen molar-refractivity contribution in [3.63, 3.8) is 0 Å². The predicted molar refractivity (Wildman–Crippen MR) is 61.5 cm³/mol. The van der Waals surface area contributed by atoms with E-state index < -0.39 is 6.04 Å². The third kappa shape index (κ3) is 3.19. The van der Waals surface area contributed by atoms with E-state index in [1.165, 1.54) is 0 Å².